The van der Waals surface area contributed by atoms with Gasteiger partial charge in [-0.3, -0.25) is 0 Å². The minimum atomic E-state index is -3.67. The van der Waals surface area contributed by atoms with Gasteiger partial charge in [-0.15, -0.1) is 0 Å². The molecule has 3 nitrogen and oxygen atoms in total. The SMILES string of the molecule is Cc1ccc(S(=O)(=O)c2c(C)cc(C)nc2Sc2ccc(Cl)cc2)cc1. The van der Waals surface area contributed by atoms with Gasteiger partial charge in [0.05, 0.1) is 4.90 Å². The van der Waals surface area contributed by atoms with Crippen molar-refractivity contribution in [1.82, 2.24) is 4.98 Å². The highest BCUT2D eigenvalue weighted by molar-refractivity contribution is 8.00. The number of nitrogens with zero attached hydrogens (tertiary/aromatic N) is 1. The van der Waals surface area contributed by atoms with Crippen molar-refractivity contribution in [3.8, 4) is 0 Å². The van der Waals surface area contributed by atoms with Gasteiger partial charge in [0.15, 0.2) is 0 Å². The quantitative estimate of drug-likeness (QED) is 0.565. The van der Waals surface area contributed by atoms with Crippen LogP contribution in [0.1, 0.15) is 16.8 Å². The number of aromatic nitrogens is 1. The van der Waals surface area contributed by atoms with Crippen LogP contribution in [0.4, 0.5) is 0 Å². The van der Waals surface area contributed by atoms with Gasteiger partial charge >= 0.3 is 0 Å². The van der Waals surface area contributed by atoms with Crippen molar-refractivity contribution < 1.29 is 8.42 Å². The summed E-state index contributed by atoms with van der Waals surface area (Å²) >= 11 is 7.27. The van der Waals surface area contributed by atoms with E-state index in [1.54, 1.807) is 42.5 Å². The van der Waals surface area contributed by atoms with E-state index in [0.29, 0.717) is 15.6 Å². The first-order valence-corrected chi connectivity index (χ1v) is 10.7. The largest absolute Gasteiger partial charge is 0.245 e. The van der Waals surface area contributed by atoms with Crippen LogP contribution < -0.4 is 0 Å². The first kappa shape index (κ1) is 19.0. The summed E-state index contributed by atoms with van der Waals surface area (Å²) in [5.41, 5.74) is 2.48. The van der Waals surface area contributed by atoms with Crippen LogP contribution in [0.15, 0.2) is 74.3 Å². The molecule has 0 aliphatic rings. The van der Waals surface area contributed by atoms with Crippen LogP contribution in [0.3, 0.4) is 0 Å². The van der Waals surface area contributed by atoms with Gasteiger partial charge in [-0.25, -0.2) is 13.4 Å². The molecule has 0 unspecified atom stereocenters. The first-order valence-electron chi connectivity index (χ1n) is 8.01. The number of hydrogen-bond acceptors (Lipinski definition) is 4. The summed E-state index contributed by atoms with van der Waals surface area (Å²) in [7, 11) is -3.67. The number of sulfone groups is 1. The fraction of sp³-hybridized carbons (Fsp3) is 0.150. The van der Waals surface area contributed by atoms with Gasteiger partial charge in [-0.1, -0.05) is 41.1 Å². The maximum Gasteiger partial charge on any atom is 0.209 e. The molecular weight excluding hydrogens is 386 g/mol. The van der Waals surface area contributed by atoms with Crippen LogP contribution >= 0.6 is 23.4 Å². The first-order chi connectivity index (χ1) is 12.3. The normalized spacial score (nSPS) is 11.5. The van der Waals surface area contributed by atoms with Crippen LogP contribution in [0, 0.1) is 20.8 Å². The smallest absolute Gasteiger partial charge is 0.209 e. The molecule has 26 heavy (non-hydrogen) atoms. The molecule has 1 aromatic heterocycles. The minimum absolute atomic E-state index is 0.256. The van der Waals surface area contributed by atoms with E-state index in [-0.39, 0.29) is 9.79 Å². The van der Waals surface area contributed by atoms with Crippen LogP contribution in [0.5, 0.6) is 0 Å². The van der Waals surface area contributed by atoms with Gasteiger partial charge in [0.2, 0.25) is 9.84 Å². The third-order valence-electron chi connectivity index (χ3n) is 3.88. The molecule has 1 heterocycles. The maximum atomic E-state index is 13.3. The number of halogens is 1. The van der Waals surface area contributed by atoms with Gasteiger partial charge in [-0.2, -0.15) is 0 Å². The summed E-state index contributed by atoms with van der Waals surface area (Å²) < 4.78 is 26.5. The number of pyridine rings is 1. The van der Waals surface area contributed by atoms with Crippen molar-refractivity contribution in [3.05, 3.63) is 76.4 Å². The molecule has 6 heteroatoms. The Bertz CT molecular complexity index is 1040. The Labute approximate surface area is 163 Å². The highest BCUT2D eigenvalue weighted by Crippen LogP contribution is 2.36. The molecule has 0 atom stereocenters. The Morgan fingerprint density at radius 2 is 1.54 bits per heavy atom. The molecule has 0 saturated carbocycles. The van der Waals surface area contributed by atoms with Crippen molar-refractivity contribution in [2.45, 2.75) is 40.5 Å². The lowest BCUT2D eigenvalue weighted by molar-refractivity contribution is 0.592. The Kier molecular flexibility index (Phi) is 5.42. The van der Waals surface area contributed by atoms with Crippen LogP contribution in [-0.4, -0.2) is 13.4 Å². The highest BCUT2D eigenvalue weighted by atomic mass is 35.5. The number of hydrogen-bond donors (Lipinski definition) is 0. The molecule has 0 radical (unpaired) electrons. The van der Waals surface area contributed by atoms with Gasteiger partial charge in [0.25, 0.3) is 0 Å². The van der Waals surface area contributed by atoms with Crippen LogP contribution in [-0.2, 0) is 9.84 Å². The monoisotopic (exact) mass is 403 g/mol. The van der Waals surface area contributed by atoms with Crippen molar-refractivity contribution >= 4 is 33.2 Å². The molecule has 0 bridgehead atoms. The van der Waals surface area contributed by atoms with Crippen LogP contribution in [0.2, 0.25) is 5.02 Å². The zero-order valence-electron chi connectivity index (χ0n) is 14.7. The number of benzene rings is 2. The number of rotatable bonds is 4. The summed E-state index contributed by atoms with van der Waals surface area (Å²) in [6, 6.07) is 15.9. The fourth-order valence-corrected chi connectivity index (χ4v) is 5.64. The molecule has 0 aliphatic heterocycles. The summed E-state index contributed by atoms with van der Waals surface area (Å²) in [6.45, 7) is 5.60. The predicted molar refractivity (Wildman–Crippen MR) is 106 cm³/mol. The summed E-state index contributed by atoms with van der Waals surface area (Å²) in [5, 5.41) is 1.11. The lowest BCUT2D eigenvalue weighted by atomic mass is 10.2. The van der Waals surface area contributed by atoms with E-state index in [0.717, 1.165) is 16.2 Å². The Hall–Kier alpha value is -1.82. The van der Waals surface area contributed by atoms with Gasteiger partial charge in [0, 0.05) is 15.6 Å². The summed E-state index contributed by atoms with van der Waals surface area (Å²) in [5.74, 6) is 0. The van der Waals surface area contributed by atoms with E-state index in [1.165, 1.54) is 11.8 Å². The van der Waals surface area contributed by atoms with E-state index in [1.807, 2.05) is 32.9 Å². The third-order valence-corrected chi connectivity index (χ3v) is 7.21. The van der Waals surface area contributed by atoms with E-state index < -0.39 is 9.84 Å². The second-order valence-electron chi connectivity index (χ2n) is 6.09. The highest BCUT2D eigenvalue weighted by Gasteiger charge is 2.25. The number of aryl methyl sites for hydroxylation is 3. The van der Waals surface area contributed by atoms with Gasteiger partial charge in [0.1, 0.15) is 9.92 Å². The van der Waals surface area contributed by atoms with E-state index in [4.69, 9.17) is 11.6 Å². The second kappa shape index (κ2) is 7.43. The molecule has 3 rings (SSSR count). The van der Waals surface area contributed by atoms with Crippen molar-refractivity contribution in [2.75, 3.05) is 0 Å². The molecule has 3 aromatic rings. The maximum absolute atomic E-state index is 13.3. The van der Waals surface area contributed by atoms with Crippen molar-refractivity contribution in [1.29, 1.82) is 0 Å². The summed E-state index contributed by atoms with van der Waals surface area (Å²) in [4.78, 5) is 5.92. The molecule has 0 spiro atoms. The lowest BCUT2D eigenvalue weighted by Crippen LogP contribution is -2.08. The fourth-order valence-electron chi connectivity index (χ4n) is 2.64. The topological polar surface area (TPSA) is 47.0 Å². The van der Waals surface area contributed by atoms with E-state index in [9.17, 15) is 8.42 Å². The average Bonchev–Trinajstić information content (AvgIpc) is 2.56. The van der Waals surface area contributed by atoms with Gasteiger partial charge in [-0.05, 0) is 68.8 Å². The summed E-state index contributed by atoms with van der Waals surface area (Å²) in [6.07, 6.45) is 0. The zero-order valence-corrected chi connectivity index (χ0v) is 17.0. The van der Waals surface area contributed by atoms with E-state index >= 15 is 0 Å². The van der Waals surface area contributed by atoms with Gasteiger partial charge < -0.3 is 0 Å². The predicted octanol–water partition coefficient (Wildman–Crippen LogP) is 5.64. The Balaban J connectivity index is 2.14. The molecule has 0 amide bonds. The molecule has 2 aromatic carbocycles. The molecule has 0 fully saturated rings. The Morgan fingerprint density at radius 1 is 0.923 bits per heavy atom. The lowest BCUT2D eigenvalue weighted by Gasteiger charge is -2.14. The molecule has 134 valence electrons. The Morgan fingerprint density at radius 3 is 2.15 bits per heavy atom. The van der Waals surface area contributed by atoms with Crippen LogP contribution in [0.25, 0.3) is 0 Å². The molecule has 0 N–H and O–H groups in total. The molecular formula is C20H18ClNO2S2. The standard InChI is InChI=1S/C20H18ClNO2S2/c1-13-4-10-18(11-5-13)26(23,24)19-14(2)12-15(3)22-20(19)25-17-8-6-16(21)7-9-17/h4-12H,1-3H3. The second-order valence-corrected chi connectivity index (χ2v) is 9.47. The third kappa shape index (κ3) is 3.95. The molecule has 0 saturated heterocycles. The minimum Gasteiger partial charge on any atom is -0.245 e. The molecule has 0 aliphatic carbocycles. The van der Waals surface area contributed by atoms with Crippen molar-refractivity contribution in [3.63, 3.8) is 0 Å². The average molecular weight is 404 g/mol. The zero-order chi connectivity index (χ0) is 18.9. The van der Waals surface area contributed by atoms with Crippen molar-refractivity contribution in [2.24, 2.45) is 0 Å². The van der Waals surface area contributed by atoms with E-state index in [2.05, 4.69) is 4.98 Å².